The summed E-state index contributed by atoms with van der Waals surface area (Å²) >= 11 is 12.2. The summed E-state index contributed by atoms with van der Waals surface area (Å²) in [6, 6.07) is 5.59. The summed E-state index contributed by atoms with van der Waals surface area (Å²) in [4.78, 5) is 14.7. The quantitative estimate of drug-likeness (QED) is 0.682. The fourth-order valence-corrected chi connectivity index (χ4v) is 3.52. The number of carbonyl (C=O) groups excluding carboxylic acids is 1. The standard InChI is InChI=1S/C19H28Cl2N2O2/c1-14(2)25-10-4-8-22-19(24)16-5-3-9-23(13-16)12-15-6-7-17(20)11-18(15)21/h6-7,11,14,16H,3-5,8-10,12-13H2,1-2H3,(H,22,24). The molecular weight excluding hydrogens is 359 g/mol. The first-order chi connectivity index (χ1) is 12.0. The molecule has 1 heterocycles. The first kappa shape index (κ1) is 20.5. The van der Waals surface area contributed by atoms with Crippen LogP contribution in [-0.4, -0.2) is 43.2 Å². The van der Waals surface area contributed by atoms with E-state index in [9.17, 15) is 4.79 Å². The fraction of sp³-hybridized carbons (Fsp3) is 0.632. The van der Waals surface area contributed by atoms with Crippen LogP contribution in [0.25, 0.3) is 0 Å². The Kier molecular flexibility index (Phi) is 8.50. The Morgan fingerprint density at radius 2 is 2.20 bits per heavy atom. The Labute approximate surface area is 160 Å². The number of hydrogen-bond donors (Lipinski definition) is 1. The van der Waals surface area contributed by atoms with Gasteiger partial charge in [0.25, 0.3) is 0 Å². The molecule has 1 N–H and O–H groups in total. The molecule has 25 heavy (non-hydrogen) atoms. The van der Waals surface area contributed by atoms with Crippen LogP contribution in [0.15, 0.2) is 18.2 Å². The second-order valence-electron chi connectivity index (χ2n) is 6.87. The van der Waals surface area contributed by atoms with Crippen molar-refractivity contribution in [3.05, 3.63) is 33.8 Å². The minimum Gasteiger partial charge on any atom is -0.379 e. The third-order valence-corrected chi connectivity index (χ3v) is 4.94. The highest BCUT2D eigenvalue weighted by molar-refractivity contribution is 6.35. The van der Waals surface area contributed by atoms with Gasteiger partial charge in [0.05, 0.1) is 12.0 Å². The molecule has 1 unspecified atom stereocenters. The van der Waals surface area contributed by atoms with Crippen molar-refractivity contribution in [3.63, 3.8) is 0 Å². The lowest BCUT2D eigenvalue weighted by Gasteiger charge is -2.32. The predicted octanol–water partition coefficient (Wildman–Crippen LogP) is 4.14. The molecule has 4 nitrogen and oxygen atoms in total. The normalized spacial score (nSPS) is 18.5. The summed E-state index contributed by atoms with van der Waals surface area (Å²) in [6.07, 6.45) is 3.06. The van der Waals surface area contributed by atoms with Crippen molar-refractivity contribution in [3.8, 4) is 0 Å². The third kappa shape index (κ3) is 7.14. The van der Waals surface area contributed by atoms with Crippen molar-refractivity contribution in [2.45, 2.75) is 45.8 Å². The number of hydrogen-bond acceptors (Lipinski definition) is 3. The molecule has 1 aromatic rings. The molecule has 1 atom stereocenters. The van der Waals surface area contributed by atoms with Crippen LogP contribution in [0.4, 0.5) is 0 Å². The summed E-state index contributed by atoms with van der Waals surface area (Å²) in [5.41, 5.74) is 1.05. The zero-order valence-corrected chi connectivity index (χ0v) is 16.6. The topological polar surface area (TPSA) is 41.6 Å². The maximum Gasteiger partial charge on any atom is 0.224 e. The lowest BCUT2D eigenvalue weighted by Crippen LogP contribution is -2.43. The summed E-state index contributed by atoms with van der Waals surface area (Å²) in [7, 11) is 0. The maximum atomic E-state index is 12.4. The van der Waals surface area contributed by atoms with Crippen molar-refractivity contribution in [2.24, 2.45) is 5.92 Å². The number of carbonyl (C=O) groups is 1. The number of piperidine rings is 1. The van der Waals surface area contributed by atoms with Gasteiger partial charge in [-0.3, -0.25) is 9.69 Å². The van der Waals surface area contributed by atoms with Crippen LogP contribution in [0.2, 0.25) is 10.0 Å². The van der Waals surface area contributed by atoms with E-state index in [1.165, 1.54) is 0 Å². The molecule has 140 valence electrons. The molecule has 1 saturated heterocycles. The average molecular weight is 387 g/mol. The highest BCUT2D eigenvalue weighted by atomic mass is 35.5. The Morgan fingerprint density at radius 3 is 2.92 bits per heavy atom. The minimum absolute atomic E-state index is 0.0471. The Morgan fingerprint density at radius 1 is 1.40 bits per heavy atom. The average Bonchev–Trinajstić information content (AvgIpc) is 2.57. The van der Waals surface area contributed by atoms with Gasteiger partial charge in [-0.25, -0.2) is 0 Å². The maximum absolute atomic E-state index is 12.4. The number of amides is 1. The zero-order valence-electron chi connectivity index (χ0n) is 15.1. The predicted molar refractivity (Wildman–Crippen MR) is 103 cm³/mol. The van der Waals surface area contributed by atoms with Gasteiger partial charge in [-0.05, 0) is 57.4 Å². The van der Waals surface area contributed by atoms with Gasteiger partial charge < -0.3 is 10.1 Å². The minimum atomic E-state index is 0.0471. The van der Waals surface area contributed by atoms with Crippen molar-refractivity contribution >= 4 is 29.1 Å². The highest BCUT2D eigenvalue weighted by Gasteiger charge is 2.25. The van der Waals surface area contributed by atoms with Gasteiger partial charge in [-0.15, -0.1) is 0 Å². The van der Waals surface area contributed by atoms with Crippen LogP contribution in [-0.2, 0) is 16.1 Å². The summed E-state index contributed by atoms with van der Waals surface area (Å²) < 4.78 is 5.49. The van der Waals surface area contributed by atoms with Gasteiger partial charge in [0.2, 0.25) is 5.91 Å². The summed E-state index contributed by atoms with van der Waals surface area (Å²) in [5.74, 6) is 0.197. The fourth-order valence-electron chi connectivity index (χ4n) is 3.05. The van der Waals surface area contributed by atoms with Crippen molar-refractivity contribution in [2.75, 3.05) is 26.2 Å². The van der Waals surface area contributed by atoms with Gasteiger partial charge in [0.15, 0.2) is 0 Å². The van der Waals surface area contributed by atoms with Crippen molar-refractivity contribution in [1.82, 2.24) is 10.2 Å². The van der Waals surface area contributed by atoms with Gasteiger partial charge in [0, 0.05) is 36.3 Å². The van der Waals surface area contributed by atoms with Crippen LogP contribution < -0.4 is 5.32 Å². The van der Waals surface area contributed by atoms with Crippen molar-refractivity contribution in [1.29, 1.82) is 0 Å². The van der Waals surface area contributed by atoms with Gasteiger partial charge in [0.1, 0.15) is 0 Å². The van der Waals surface area contributed by atoms with E-state index < -0.39 is 0 Å². The van der Waals surface area contributed by atoms with E-state index in [4.69, 9.17) is 27.9 Å². The molecule has 1 fully saturated rings. The van der Waals surface area contributed by atoms with Crippen LogP contribution in [0.3, 0.4) is 0 Å². The summed E-state index contributed by atoms with van der Waals surface area (Å²) in [6.45, 7) is 7.90. The molecule has 1 amide bonds. The molecule has 0 spiro atoms. The van der Waals surface area contributed by atoms with E-state index in [0.29, 0.717) is 23.2 Å². The van der Waals surface area contributed by atoms with E-state index >= 15 is 0 Å². The molecule has 0 saturated carbocycles. The SMILES string of the molecule is CC(C)OCCCNC(=O)C1CCCN(Cc2ccc(Cl)cc2Cl)C1. The second kappa shape index (κ2) is 10.4. The van der Waals surface area contributed by atoms with Gasteiger partial charge in [-0.1, -0.05) is 29.3 Å². The Bertz CT molecular complexity index is 566. The highest BCUT2D eigenvalue weighted by Crippen LogP contribution is 2.25. The number of halogens is 2. The Balaban J connectivity index is 1.76. The molecule has 0 aliphatic carbocycles. The molecule has 1 aliphatic rings. The number of likely N-dealkylation sites (tertiary alicyclic amines) is 1. The molecule has 0 radical (unpaired) electrons. The summed E-state index contributed by atoms with van der Waals surface area (Å²) in [5, 5.41) is 4.37. The van der Waals surface area contributed by atoms with E-state index in [-0.39, 0.29) is 17.9 Å². The van der Waals surface area contributed by atoms with E-state index in [1.54, 1.807) is 6.07 Å². The number of rotatable bonds is 8. The second-order valence-corrected chi connectivity index (χ2v) is 7.72. The van der Waals surface area contributed by atoms with Crippen LogP contribution >= 0.6 is 23.2 Å². The third-order valence-electron chi connectivity index (χ3n) is 4.36. The molecule has 1 aromatic carbocycles. The monoisotopic (exact) mass is 386 g/mol. The number of ether oxygens (including phenoxy) is 1. The molecule has 0 bridgehead atoms. The van der Waals surface area contributed by atoms with Crippen molar-refractivity contribution < 1.29 is 9.53 Å². The Hall–Kier alpha value is -0.810. The van der Waals surface area contributed by atoms with Gasteiger partial charge in [-0.2, -0.15) is 0 Å². The zero-order chi connectivity index (χ0) is 18.2. The van der Waals surface area contributed by atoms with Gasteiger partial charge >= 0.3 is 0 Å². The van der Waals surface area contributed by atoms with Crippen LogP contribution in [0.5, 0.6) is 0 Å². The molecule has 6 heteroatoms. The lowest BCUT2D eigenvalue weighted by molar-refractivity contribution is -0.126. The van der Waals surface area contributed by atoms with Crippen LogP contribution in [0.1, 0.15) is 38.7 Å². The molecular formula is C19H28Cl2N2O2. The number of benzene rings is 1. The number of nitrogens with one attached hydrogen (secondary N) is 1. The molecule has 1 aliphatic heterocycles. The van der Waals surface area contributed by atoms with E-state index in [2.05, 4.69) is 10.2 Å². The first-order valence-corrected chi connectivity index (χ1v) is 9.77. The molecule has 2 rings (SSSR count). The largest absolute Gasteiger partial charge is 0.379 e. The van der Waals surface area contributed by atoms with E-state index in [0.717, 1.165) is 44.5 Å². The lowest BCUT2D eigenvalue weighted by atomic mass is 9.96. The van der Waals surface area contributed by atoms with Crippen LogP contribution in [0, 0.1) is 5.92 Å². The smallest absolute Gasteiger partial charge is 0.224 e. The number of nitrogens with zero attached hydrogens (tertiary/aromatic N) is 1. The molecule has 0 aromatic heterocycles. The first-order valence-electron chi connectivity index (χ1n) is 9.01. The van der Waals surface area contributed by atoms with E-state index in [1.807, 2.05) is 26.0 Å².